The Morgan fingerprint density at radius 1 is 1.00 bits per heavy atom. The van der Waals surface area contributed by atoms with Crippen LogP contribution in [-0.2, 0) is 9.59 Å². The van der Waals surface area contributed by atoms with Crippen LogP contribution in [0.3, 0.4) is 0 Å². The first-order chi connectivity index (χ1) is 13.0. The largest absolute Gasteiger partial charge is 0.396 e. The lowest BCUT2D eigenvalue weighted by molar-refractivity contribution is -0.134. The van der Waals surface area contributed by atoms with Gasteiger partial charge in [-0.1, -0.05) is 6.07 Å². The molecule has 2 fully saturated rings. The number of benzene rings is 1. The smallest absolute Gasteiger partial charge is 0.261 e. The van der Waals surface area contributed by atoms with Crippen molar-refractivity contribution in [3.63, 3.8) is 0 Å². The van der Waals surface area contributed by atoms with Crippen molar-refractivity contribution >= 4 is 29.3 Å². The van der Waals surface area contributed by atoms with E-state index in [1.54, 1.807) is 12.1 Å². The highest BCUT2D eigenvalue weighted by Crippen LogP contribution is 2.39. The third-order valence-corrected chi connectivity index (χ3v) is 5.71. The van der Waals surface area contributed by atoms with Gasteiger partial charge in [0.15, 0.2) is 0 Å². The Bertz CT molecular complexity index is 842. The van der Waals surface area contributed by atoms with Crippen LogP contribution in [0, 0.1) is 5.92 Å². The van der Waals surface area contributed by atoms with E-state index >= 15 is 0 Å². The molecule has 4 amide bonds. The quantitative estimate of drug-likeness (QED) is 0.658. The number of imide groups is 2. The van der Waals surface area contributed by atoms with E-state index < -0.39 is 17.7 Å². The maximum atomic E-state index is 12.5. The van der Waals surface area contributed by atoms with Gasteiger partial charge in [0, 0.05) is 26.1 Å². The number of nitrogens with zero attached hydrogens (tertiary/aromatic N) is 1. The molecule has 0 aromatic heterocycles. The first kappa shape index (κ1) is 17.7. The molecule has 4 rings (SSSR count). The van der Waals surface area contributed by atoms with Crippen molar-refractivity contribution in [2.24, 2.45) is 5.92 Å². The minimum atomic E-state index is -0.540. The number of amides is 4. The summed E-state index contributed by atoms with van der Waals surface area (Å²) in [5, 5.41) is 14.1. The highest BCUT2D eigenvalue weighted by atomic mass is 16.3. The van der Waals surface area contributed by atoms with Gasteiger partial charge in [0.1, 0.15) is 0 Å². The Labute approximate surface area is 155 Å². The number of rotatable bonds is 3. The average Bonchev–Trinajstić information content (AvgIpc) is 2.95. The summed E-state index contributed by atoms with van der Waals surface area (Å²) in [5.74, 6) is -1.88. The SMILES string of the molecule is O=C1CCC(c2ccc3c(c2N2CCC(CO)CC2)C(=O)NC3=O)C(=O)N1. The molecule has 1 unspecified atom stereocenters. The van der Waals surface area contributed by atoms with Crippen LogP contribution >= 0.6 is 0 Å². The van der Waals surface area contributed by atoms with Gasteiger partial charge < -0.3 is 10.0 Å². The number of piperidine rings is 2. The average molecular weight is 371 g/mol. The second-order valence-corrected chi connectivity index (χ2v) is 7.33. The number of fused-ring (bicyclic) bond motifs is 1. The van der Waals surface area contributed by atoms with Crippen molar-refractivity contribution in [1.82, 2.24) is 10.6 Å². The van der Waals surface area contributed by atoms with Gasteiger partial charge in [-0.25, -0.2) is 0 Å². The van der Waals surface area contributed by atoms with Gasteiger partial charge in [-0.05, 0) is 36.8 Å². The second-order valence-electron chi connectivity index (χ2n) is 7.33. The van der Waals surface area contributed by atoms with Crippen LogP contribution in [-0.4, -0.2) is 48.4 Å². The number of carbonyl (C=O) groups excluding carboxylic acids is 4. The Hall–Kier alpha value is -2.74. The third-order valence-electron chi connectivity index (χ3n) is 5.71. The van der Waals surface area contributed by atoms with Crippen LogP contribution in [0.15, 0.2) is 12.1 Å². The normalized spacial score (nSPS) is 23.3. The molecule has 1 aromatic rings. The standard InChI is InChI=1S/C19H21N3O5/c23-9-10-5-7-22(8-6-10)16-11(12-3-4-14(24)20-17(12)25)1-2-13-15(16)19(27)21-18(13)26/h1-2,10,12,23H,3-9H2,(H,20,24,25)(H,21,26,27). The van der Waals surface area contributed by atoms with Crippen LogP contribution in [0.2, 0.25) is 0 Å². The zero-order valence-electron chi connectivity index (χ0n) is 14.8. The summed E-state index contributed by atoms with van der Waals surface area (Å²) in [6, 6.07) is 3.31. The van der Waals surface area contributed by atoms with Crippen molar-refractivity contribution in [3.8, 4) is 0 Å². The van der Waals surface area contributed by atoms with E-state index in [9.17, 15) is 24.3 Å². The lowest BCUT2D eigenvalue weighted by Gasteiger charge is -2.36. The molecular weight excluding hydrogens is 350 g/mol. The van der Waals surface area contributed by atoms with E-state index in [0.29, 0.717) is 41.9 Å². The number of anilines is 1. The number of hydrogen-bond donors (Lipinski definition) is 3. The van der Waals surface area contributed by atoms with Gasteiger partial charge in [0.25, 0.3) is 11.8 Å². The van der Waals surface area contributed by atoms with E-state index in [-0.39, 0.29) is 30.8 Å². The van der Waals surface area contributed by atoms with Gasteiger partial charge in [0.2, 0.25) is 11.8 Å². The first-order valence-corrected chi connectivity index (χ1v) is 9.21. The van der Waals surface area contributed by atoms with Crippen molar-refractivity contribution < 1.29 is 24.3 Å². The molecule has 0 spiro atoms. The fourth-order valence-electron chi connectivity index (χ4n) is 4.21. The highest BCUT2D eigenvalue weighted by molar-refractivity contribution is 6.24. The Morgan fingerprint density at radius 3 is 2.41 bits per heavy atom. The number of hydrogen-bond acceptors (Lipinski definition) is 6. The first-order valence-electron chi connectivity index (χ1n) is 9.21. The van der Waals surface area contributed by atoms with E-state index in [0.717, 1.165) is 12.8 Å². The third kappa shape index (κ3) is 2.99. The van der Waals surface area contributed by atoms with Crippen molar-refractivity contribution in [2.75, 3.05) is 24.6 Å². The monoisotopic (exact) mass is 371 g/mol. The fourth-order valence-corrected chi connectivity index (χ4v) is 4.21. The summed E-state index contributed by atoms with van der Waals surface area (Å²) in [7, 11) is 0. The molecule has 0 saturated carbocycles. The molecule has 2 saturated heterocycles. The number of carbonyl (C=O) groups is 4. The molecular formula is C19H21N3O5. The molecule has 0 bridgehead atoms. The van der Waals surface area contributed by atoms with Crippen LogP contribution in [0.1, 0.15) is 57.9 Å². The van der Waals surface area contributed by atoms with Gasteiger partial charge >= 0.3 is 0 Å². The molecule has 8 nitrogen and oxygen atoms in total. The summed E-state index contributed by atoms with van der Waals surface area (Å²) in [6.45, 7) is 1.38. The zero-order chi connectivity index (χ0) is 19.1. The van der Waals surface area contributed by atoms with Crippen molar-refractivity contribution in [1.29, 1.82) is 0 Å². The molecule has 3 aliphatic heterocycles. The van der Waals surface area contributed by atoms with Gasteiger partial charge in [-0.2, -0.15) is 0 Å². The molecule has 3 heterocycles. The molecule has 3 N–H and O–H groups in total. The minimum Gasteiger partial charge on any atom is -0.396 e. The van der Waals surface area contributed by atoms with E-state index in [1.807, 2.05) is 4.90 Å². The maximum absolute atomic E-state index is 12.5. The molecule has 0 aliphatic carbocycles. The van der Waals surface area contributed by atoms with Crippen molar-refractivity contribution in [3.05, 3.63) is 28.8 Å². The summed E-state index contributed by atoms with van der Waals surface area (Å²) in [5.41, 5.74) is 1.91. The molecule has 3 aliphatic rings. The topological polar surface area (TPSA) is 116 Å². The minimum absolute atomic E-state index is 0.125. The predicted molar refractivity (Wildman–Crippen MR) is 95.4 cm³/mol. The summed E-state index contributed by atoms with van der Waals surface area (Å²) < 4.78 is 0. The van der Waals surface area contributed by atoms with Gasteiger partial charge in [0.05, 0.1) is 22.7 Å². The van der Waals surface area contributed by atoms with E-state index in [1.165, 1.54) is 0 Å². The van der Waals surface area contributed by atoms with Crippen LogP contribution in [0.4, 0.5) is 5.69 Å². The molecule has 8 heteroatoms. The number of aliphatic hydroxyl groups excluding tert-OH is 1. The number of aliphatic hydroxyl groups is 1. The fraction of sp³-hybridized carbons (Fsp3) is 0.474. The highest BCUT2D eigenvalue weighted by Gasteiger charge is 2.38. The Balaban J connectivity index is 1.79. The summed E-state index contributed by atoms with van der Waals surface area (Å²) in [4.78, 5) is 50.5. The predicted octanol–water partition coefficient (Wildman–Crippen LogP) is 0.299. The zero-order valence-corrected chi connectivity index (χ0v) is 14.8. The van der Waals surface area contributed by atoms with Crippen molar-refractivity contribution in [2.45, 2.75) is 31.6 Å². The van der Waals surface area contributed by atoms with Gasteiger partial charge in [-0.15, -0.1) is 0 Å². The Kier molecular flexibility index (Phi) is 4.43. The lowest BCUT2D eigenvalue weighted by Crippen LogP contribution is -2.41. The van der Waals surface area contributed by atoms with Crippen LogP contribution in [0.5, 0.6) is 0 Å². The molecule has 1 atom stereocenters. The summed E-state index contributed by atoms with van der Waals surface area (Å²) >= 11 is 0. The van der Waals surface area contributed by atoms with E-state index in [2.05, 4.69) is 10.6 Å². The second kappa shape index (κ2) is 6.77. The molecule has 0 radical (unpaired) electrons. The summed E-state index contributed by atoms with van der Waals surface area (Å²) in [6.07, 6.45) is 2.15. The van der Waals surface area contributed by atoms with E-state index in [4.69, 9.17) is 0 Å². The maximum Gasteiger partial charge on any atom is 0.261 e. The Morgan fingerprint density at radius 2 is 1.74 bits per heavy atom. The van der Waals surface area contributed by atoms with Gasteiger partial charge in [-0.3, -0.25) is 29.8 Å². The molecule has 1 aromatic carbocycles. The number of nitrogens with one attached hydrogen (secondary N) is 2. The van der Waals surface area contributed by atoms with Crippen LogP contribution < -0.4 is 15.5 Å². The lowest BCUT2D eigenvalue weighted by atomic mass is 9.85. The molecule has 27 heavy (non-hydrogen) atoms. The van der Waals surface area contributed by atoms with Crippen LogP contribution in [0.25, 0.3) is 0 Å². The molecule has 142 valence electrons.